The zero-order valence-corrected chi connectivity index (χ0v) is 13.5. The maximum Gasteiger partial charge on any atom is 0.211 e. The normalized spacial score (nSPS) is 13.4. The van der Waals surface area contributed by atoms with Crippen LogP contribution in [0.4, 0.5) is 0 Å². The van der Waals surface area contributed by atoms with Gasteiger partial charge in [-0.1, -0.05) is 27.5 Å². The van der Waals surface area contributed by atoms with Gasteiger partial charge in [0.15, 0.2) is 0 Å². The van der Waals surface area contributed by atoms with Gasteiger partial charge in [-0.05, 0) is 31.0 Å². The van der Waals surface area contributed by atoms with Crippen molar-refractivity contribution < 1.29 is 8.42 Å². The summed E-state index contributed by atoms with van der Waals surface area (Å²) in [6.07, 6.45) is 1.04. The largest absolute Gasteiger partial charge is 0.271 e. The Bertz CT molecular complexity index is 625. The van der Waals surface area contributed by atoms with Crippen LogP contribution in [-0.4, -0.2) is 26.3 Å². The number of benzene rings is 1. The number of alkyl halides is 1. The Balaban J connectivity index is 3.37. The van der Waals surface area contributed by atoms with Gasteiger partial charge in [0.2, 0.25) is 9.84 Å². The fourth-order valence-electron chi connectivity index (χ4n) is 1.19. The van der Waals surface area contributed by atoms with Crippen molar-refractivity contribution in [3.63, 3.8) is 0 Å². The molecule has 1 rings (SSSR count). The van der Waals surface area contributed by atoms with Gasteiger partial charge in [0.05, 0.1) is 4.90 Å². The van der Waals surface area contributed by atoms with Gasteiger partial charge < -0.3 is 0 Å². The fraction of sp³-hybridized carbons (Fsp3) is 0.0909. The Morgan fingerprint density at radius 2 is 1.95 bits per heavy atom. The molecule has 0 unspecified atom stereocenters. The van der Waals surface area contributed by atoms with E-state index in [-0.39, 0.29) is 21.0 Å². The summed E-state index contributed by atoms with van der Waals surface area (Å²) in [7, 11) is -3.82. The third-order valence-electron chi connectivity index (χ3n) is 2.02. The average Bonchev–Trinajstić information content (AvgIpc) is 2.36. The summed E-state index contributed by atoms with van der Waals surface area (Å²) in [5, 5.41) is -0.231. The molecule has 0 saturated carbocycles. The van der Waals surface area contributed by atoms with E-state index in [2.05, 4.69) is 32.6 Å². The van der Waals surface area contributed by atoms with Gasteiger partial charge >= 0.3 is 0 Å². The zero-order chi connectivity index (χ0) is 14.5. The predicted octanol–water partition coefficient (Wildman–Crippen LogP) is 3.60. The molecule has 8 heteroatoms. The molecular weight excluding hydrogens is 375 g/mol. The Kier molecular flexibility index (Phi) is 6.19. The summed E-state index contributed by atoms with van der Waals surface area (Å²) in [5.74, 6) is 0. The first kappa shape index (κ1) is 16.4. The number of sulfone groups is 1. The van der Waals surface area contributed by atoms with Crippen molar-refractivity contribution in [2.45, 2.75) is 4.90 Å². The predicted molar refractivity (Wildman–Crippen MR) is 83.0 cm³/mol. The summed E-state index contributed by atoms with van der Waals surface area (Å²) in [6, 6.07) is 5.96. The van der Waals surface area contributed by atoms with Crippen LogP contribution in [0.5, 0.6) is 0 Å². The van der Waals surface area contributed by atoms with E-state index in [1.54, 1.807) is 12.1 Å². The molecule has 1 aromatic rings. The molecule has 0 spiro atoms. The van der Waals surface area contributed by atoms with E-state index < -0.39 is 9.84 Å². The zero-order valence-electron chi connectivity index (χ0n) is 9.55. The molecule has 0 saturated heterocycles. The van der Waals surface area contributed by atoms with Gasteiger partial charge in [-0.3, -0.25) is 9.98 Å². The summed E-state index contributed by atoms with van der Waals surface area (Å²) in [4.78, 5) is 6.93. The van der Waals surface area contributed by atoms with E-state index in [4.69, 9.17) is 23.2 Å². The molecule has 0 heterocycles. The molecule has 0 aromatic heterocycles. The summed E-state index contributed by atoms with van der Waals surface area (Å²) in [6.45, 7) is 3.22. The van der Waals surface area contributed by atoms with E-state index in [1.165, 1.54) is 12.1 Å². The van der Waals surface area contributed by atoms with Crippen LogP contribution < -0.4 is 0 Å². The molecule has 0 aliphatic heterocycles. The van der Waals surface area contributed by atoms with Crippen molar-refractivity contribution in [1.82, 2.24) is 0 Å². The van der Waals surface area contributed by atoms with Crippen LogP contribution in [0.3, 0.4) is 0 Å². The maximum atomic E-state index is 12.4. The lowest BCUT2D eigenvalue weighted by Gasteiger charge is -2.07. The highest BCUT2D eigenvalue weighted by Gasteiger charge is 2.24. The Morgan fingerprint density at radius 3 is 2.42 bits per heavy atom. The molecule has 0 N–H and O–H groups in total. The van der Waals surface area contributed by atoms with E-state index in [0.29, 0.717) is 0 Å². The van der Waals surface area contributed by atoms with Gasteiger partial charge in [0.1, 0.15) is 16.1 Å². The standard InChI is InChI=1S/C11H9BrCl2N2O2S/c1-15-6-10(11(14)16-7-13)19(17,18)9-4-2-8(12)3-5-9/h2-6H,1,7H2/b10-6+,16-11?. The van der Waals surface area contributed by atoms with Crippen molar-refractivity contribution in [2.24, 2.45) is 9.98 Å². The van der Waals surface area contributed by atoms with Crippen molar-refractivity contribution in [3.05, 3.63) is 39.8 Å². The second-order valence-electron chi connectivity index (χ2n) is 3.20. The molecule has 0 fully saturated rings. The number of rotatable bonds is 5. The Morgan fingerprint density at radius 1 is 1.37 bits per heavy atom. The minimum atomic E-state index is -3.82. The van der Waals surface area contributed by atoms with Crippen LogP contribution in [-0.2, 0) is 9.84 Å². The van der Waals surface area contributed by atoms with Crippen LogP contribution >= 0.6 is 39.1 Å². The van der Waals surface area contributed by atoms with Crippen LogP contribution in [0.25, 0.3) is 0 Å². The van der Waals surface area contributed by atoms with Crippen LogP contribution in [0.2, 0.25) is 0 Å². The first-order valence-corrected chi connectivity index (χ1v) is 8.05. The lowest BCUT2D eigenvalue weighted by molar-refractivity contribution is 0.603. The van der Waals surface area contributed by atoms with Gasteiger partial charge in [0, 0.05) is 10.7 Å². The van der Waals surface area contributed by atoms with E-state index in [9.17, 15) is 8.42 Å². The Labute approximate surface area is 129 Å². The average molecular weight is 384 g/mol. The highest BCUT2D eigenvalue weighted by atomic mass is 79.9. The second kappa shape index (κ2) is 7.19. The fourth-order valence-corrected chi connectivity index (χ4v) is 3.29. The number of hydrogen-bond donors (Lipinski definition) is 0. The summed E-state index contributed by atoms with van der Waals surface area (Å²) in [5.41, 5.74) is 0. The van der Waals surface area contributed by atoms with Crippen molar-refractivity contribution in [3.8, 4) is 0 Å². The minimum Gasteiger partial charge on any atom is -0.271 e. The monoisotopic (exact) mass is 382 g/mol. The molecule has 0 radical (unpaired) electrons. The highest BCUT2D eigenvalue weighted by molar-refractivity contribution is 9.10. The van der Waals surface area contributed by atoms with Gasteiger partial charge in [-0.15, -0.1) is 11.6 Å². The SMILES string of the molecule is C=N/C=C(\C(Cl)=NCCl)S(=O)(=O)c1ccc(Br)cc1. The number of allylic oxidation sites excluding steroid dienone is 1. The topological polar surface area (TPSA) is 58.9 Å². The van der Waals surface area contributed by atoms with E-state index >= 15 is 0 Å². The lowest BCUT2D eigenvalue weighted by Crippen LogP contribution is -2.10. The van der Waals surface area contributed by atoms with E-state index in [1.807, 2.05) is 0 Å². The number of aliphatic imine (C=N–C) groups is 2. The van der Waals surface area contributed by atoms with Crippen LogP contribution in [0.15, 0.2) is 54.7 Å². The molecule has 102 valence electrons. The van der Waals surface area contributed by atoms with Crippen LogP contribution in [0.1, 0.15) is 0 Å². The van der Waals surface area contributed by atoms with Gasteiger partial charge in [-0.2, -0.15) is 0 Å². The smallest absolute Gasteiger partial charge is 0.211 e. The molecule has 4 nitrogen and oxygen atoms in total. The quantitative estimate of drug-likeness (QED) is 0.443. The molecular formula is C11H9BrCl2N2O2S. The highest BCUT2D eigenvalue weighted by Crippen LogP contribution is 2.23. The molecule has 0 aliphatic rings. The maximum absolute atomic E-state index is 12.4. The molecule has 0 amide bonds. The molecule has 0 aliphatic carbocycles. The third kappa shape index (κ3) is 4.14. The molecule has 0 bridgehead atoms. The molecule has 19 heavy (non-hydrogen) atoms. The van der Waals surface area contributed by atoms with Crippen molar-refractivity contribution >= 4 is 60.9 Å². The molecule has 1 aromatic carbocycles. The molecule has 0 atom stereocenters. The number of halogens is 3. The van der Waals surface area contributed by atoms with Crippen molar-refractivity contribution in [1.29, 1.82) is 0 Å². The van der Waals surface area contributed by atoms with E-state index in [0.717, 1.165) is 10.7 Å². The first-order chi connectivity index (χ1) is 8.93. The van der Waals surface area contributed by atoms with Crippen molar-refractivity contribution in [2.75, 3.05) is 6.00 Å². The lowest BCUT2D eigenvalue weighted by atomic mass is 10.4. The summed E-state index contributed by atoms with van der Waals surface area (Å²) >= 11 is 14.5. The number of nitrogens with zero attached hydrogens (tertiary/aromatic N) is 2. The first-order valence-electron chi connectivity index (χ1n) is 4.86. The van der Waals surface area contributed by atoms with Gasteiger partial charge in [-0.25, -0.2) is 8.42 Å². The Hall–Kier alpha value is -0.690. The summed E-state index contributed by atoms with van der Waals surface area (Å²) < 4.78 is 25.5. The number of hydrogen-bond acceptors (Lipinski definition) is 4. The minimum absolute atomic E-state index is 0.0773. The van der Waals surface area contributed by atoms with Crippen LogP contribution in [0, 0.1) is 0 Å². The third-order valence-corrected chi connectivity index (χ3v) is 4.88. The van der Waals surface area contributed by atoms with Gasteiger partial charge in [0.25, 0.3) is 0 Å². The second-order valence-corrected chi connectivity index (χ2v) is 6.63.